The SMILES string of the molecule is CCCCN(Cc1cccc(Cl)c1)C(=O)c1cccc(=O)[nH]1. The van der Waals surface area contributed by atoms with E-state index in [4.69, 9.17) is 11.6 Å². The Morgan fingerprint density at radius 2 is 2.00 bits per heavy atom. The van der Waals surface area contributed by atoms with Gasteiger partial charge in [0.2, 0.25) is 5.56 Å². The second-order valence-corrected chi connectivity index (χ2v) is 5.58. The van der Waals surface area contributed by atoms with Crippen molar-refractivity contribution in [2.24, 2.45) is 0 Å². The lowest BCUT2D eigenvalue weighted by Crippen LogP contribution is -2.33. The van der Waals surface area contributed by atoms with E-state index in [1.807, 2.05) is 18.2 Å². The molecular formula is C17H19ClN2O2. The van der Waals surface area contributed by atoms with Gasteiger partial charge in [0, 0.05) is 24.2 Å². The number of amides is 1. The van der Waals surface area contributed by atoms with E-state index in [0.717, 1.165) is 18.4 Å². The number of benzene rings is 1. The lowest BCUT2D eigenvalue weighted by atomic mass is 10.2. The highest BCUT2D eigenvalue weighted by Gasteiger charge is 2.16. The first kappa shape index (κ1) is 16.3. The van der Waals surface area contributed by atoms with Gasteiger partial charge in [-0.3, -0.25) is 9.59 Å². The summed E-state index contributed by atoms with van der Waals surface area (Å²) < 4.78 is 0. The van der Waals surface area contributed by atoms with Gasteiger partial charge in [0.1, 0.15) is 5.69 Å². The summed E-state index contributed by atoms with van der Waals surface area (Å²) in [5.74, 6) is -0.175. The largest absolute Gasteiger partial charge is 0.333 e. The zero-order chi connectivity index (χ0) is 15.9. The molecule has 0 fully saturated rings. The summed E-state index contributed by atoms with van der Waals surface area (Å²) in [6, 6.07) is 12.1. The Balaban J connectivity index is 2.21. The number of carbonyl (C=O) groups excluding carboxylic acids is 1. The van der Waals surface area contributed by atoms with Crippen LogP contribution < -0.4 is 5.56 Å². The van der Waals surface area contributed by atoms with E-state index in [1.165, 1.54) is 6.07 Å². The van der Waals surface area contributed by atoms with Crippen molar-refractivity contribution in [2.75, 3.05) is 6.54 Å². The Hall–Kier alpha value is -2.07. The summed E-state index contributed by atoms with van der Waals surface area (Å²) in [4.78, 5) is 28.3. The fourth-order valence-electron chi connectivity index (χ4n) is 2.20. The van der Waals surface area contributed by atoms with Crippen LogP contribution in [0.1, 0.15) is 35.8 Å². The van der Waals surface area contributed by atoms with E-state index in [2.05, 4.69) is 11.9 Å². The van der Waals surface area contributed by atoms with Gasteiger partial charge in [-0.15, -0.1) is 0 Å². The summed E-state index contributed by atoms with van der Waals surface area (Å²) in [7, 11) is 0. The minimum atomic E-state index is -0.274. The molecule has 1 aromatic carbocycles. The van der Waals surface area contributed by atoms with Crippen molar-refractivity contribution in [1.29, 1.82) is 0 Å². The molecule has 0 aliphatic carbocycles. The molecule has 0 spiro atoms. The molecule has 0 atom stereocenters. The summed E-state index contributed by atoms with van der Waals surface area (Å²) >= 11 is 6.00. The molecule has 0 radical (unpaired) electrons. The molecule has 1 N–H and O–H groups in total. The number of rotatable bonds is 6. The van der Waals surface area contributed by atoms with E-state index in [9.17, 15) is 9.59 Å². The van der Waals surface area contributed by atoms with Crippen LogP contribution in [0.4, 0.5) is 0 Å². The Bertz CT molecular complexity index is 697. The van der Waals surface area contributed by atoms with Crippen LogP contribution in [0.25, 0.3) is 0 Å². The summed E-state index contributed by atoms with van der Waals surface area (Å²) in [6.45, 7) is 3.18. The quantitative estimate of drug-likeness (QED) is 0.886. The Kier molecular flexibility index (Phi) is 5.78. The van der Waals surface area contributed by atoms with Gasteiger partial charge in [-0.2, -0.15) is 0 Å². The van der Waals surface area contributed by atoms with Crippen molar-refractivity contribution in [3.05, 3.63) is 69.1 Å². The third-order valence-corrected chi connectivity index (χ3v) is 3.57. The van der Waals surface area contributed by atoms with Gasteiger partial charge < -0.3 is 9.88 Å². The van der Waals surface area contributed by atoms with Crippen molar-refractivity contribution in [1.82, 2.24) is 9.88 Å². The van der Waals surface area contributed by atoms with E-state index in [-0.39, 0.29) is 11.5 Å². The van der Waals surface area contributed by atoms with Gasteiger partial charge in [-0.25, -0.2) is 0 Å². The molecule has 1 aromatic heterocycles. The Morgan fingerprint density at radius 1 is 1.23 bits per heavy atom. The average molecular weight is 319 g/mol. The monoisotopic (exact) mass is 318 g/mol. The molecule has 5 heteroatoms. The molecular weight excluding hydrogens is 300 g/mol. The van der Waals surface area contributed by atoms with Crippen LogP contribution in [-0.2, 0) is 6.54 Å². The van der Waals surface area contributed by atoms with Crippen LogP contribution in [0, 0.1) is 0 Å². The molecule has 4 nitrogen and oxygen atoms in total. The normalized spacial score (nSPS) is 10.5. The molecule has 0 saturated carbocycles. The first-order valence-electron chi connectivity index (χ1n) is 7.33. The maximum atomic E-state index is 12.6. The molecule has 116 valence electrons. The highest BCUT2D eigenvalue weighted by molar-refractivity contribution is 6.30. The zero-order valence-electron chi connectivity index (χ0n) is 12.5. The van der Waals surface area contributed by atoms with Gasteiger partial charge in [-0.05, 0) is 30.2 Å². The van der Waals surface area contributed by atoms with Crippen molar-refractivity contribution in [3.8, 4) is 0 Å². The highest BCUT2D eigenvalue weighted by atomic mass is 35.5. The lowest BCUT2D eigenvalue weighted by molar-refractivity contribution is 0.0734. The van der Waals surface area contributed by atoms with Crippen molar-refractivity contribution < 1.29 is 4.79 Å². The van der Waals surface area contributed by atoms with Crippen LogP contribution in [0.3, 0.4) is 0 Å². The summed E-state index contributed by atoms with van der Waals surface area (Å²) in [5, 5.41) is 0.647. The van der Waals surface area contributed by atoms with Gasteiger partial charge in [-0.1, -0.05) is 43.1 Å². The van der Waals surface area contributed by atoms with Crippen LogP contribution in [0.15, 0.2) is 47.3 Å². The highest BCUT2D eigenvalue weighted by Crippen LogP contribution is 2.14. The maximum absolute atomic E-state index is 12.6. The average Bonchev–Trinajstić information content (AvgIpc) is 2.51. The van der Waals surface area contributed by atoms with Crippen LogP contribution in [0.5, 0.6) is 0 Å². The zero-order valence-corrected chi connectivity index (χ0v) is 13.3. The molecule has 22 heavy (non-hydrogen) atoms. The minimum Gasteiger partial charge on any atom is -0.333 e. The number of nitrogens with one attached hydrogen (secondary N) is 1. The number of carbonyl (C=O) groups is 1. The summed E-state index contributed by atoms with van der Waals surface area (Å²) in [5.41, 5.74) is 1.00. The van der Waals surface area contributed by atoms with Crippen molar-refractivity contribution in [3.63, 3.8) is 0 Å². The number of nitrogens with zero attached hydrogens (tertiary/aromatic N) is 1. The standard InChI is InChI=1S/C17H19ClN2O2/c1-2-3-10-20(12-13-6-4-7-14(18)11-13)17(22)15-8-5-9-16(21)19-15/h4-9,11H,2-3,10,12H2,1H3,(H,19,21). The van der Waals surface area contributed by atoms with Crippen molar-refractivity contribution >= 4 is 17.5 Å². The molecule has 0 bridgehead atoms. The number of unbranched alkanes of at least 4 members (excludes halogenated alkanes) is 1. The van der Waals surface area contributed by atoms with E-state index < -0.39 is 0 Å². The lowest BCUT2D eigenvalue weighted by Gasteiger charge is -2.22. The van der Waals surface area contributed by atoms with Crippen molar-refractivity contribution in [2.45, 2.75) is 26.3 Å². The molecule has 0 aliphatic heterocycles. The molecule has 1 amide bonds. The van der Waals surface area contributed by atoms with Gasteiger partial charge >= 0.3 is 0 Å². The third kappa shape index (κ3) is 4.46. The minimum absolute atomic E-state index is 0.175. The number of H-pyrrole nitrogens is 1. The number of pyridine rings is 1. The van der Waals surface area contributed by atoms with Crippen LogP contribution in [0.2, 0.25) is 5.02 Å². The molecule has 2 aromatic rings. The van der Waals surface area contributed by atoms with E-state index >= 15 is 0 Å². The van der Waals surface area contributed by atoms with Gasteiger partial charge in [0.25, 0.3) is 5.91 Å². The predicted octanol–water partition coefficient (Wildman–Crippen LogP) is 3.47. The number of aromatic amines is 1. The second-order valence-electron chi connectivity index (χ2n) is 5.14. The number of hydrogen-bond acceptors (Lipinski definition) is 2. The fourth-order valence-corrected chi connectivity index (χ4v) is 2.41. The Morgan fingerprint density at radius 3 is 2.68 bits per heavy atom. The first-order valence-corrected chi connectivity index (χ1v) is 7.71. The molecule has 1 heterocycles. The maximum Gasteiger partial charge on any atom is 0.270 e. The first-order chi connectivity index (χ1) is 10.6. The third-order valence-electron chi connectivity index (χ3n) is 3.33. The second kappa shape index (κ2) is 7.80. The van der Waals surface area contributed by atoms with E-state index in [0.29, 0.717) is 23.8 Å². The predicted molar refractivity (Wildman–Crippen MR) is 88.2 cm³/mol. The number of aromatic nitrogens is 1. The number of hydrogen-bond donors (Lipinski definition) is 1. The smallest absolute Gasteiger partial charge is 0.270 e. The summed E-state index contributed by atoms with van der Waals surface area (Å²) in [6.07, 6.45) is 1.90. The van der Waals surface area contributed by atoms with Crippen LogP contribution >= 0.6 is 11.6 Å². The van der Waals surface area contributed by atoms with Gasteiger partial charge in [0.05, 0.1) is 0 Å². The van der Waals surface area contributed by atoms with Crippen LogP contribution in [-0.4, -0.2) is 22.3 Å². The molecule has 2 rings (SSSR count). The molecule has 0 aliphatic rings. The number of halogens is 1. The Labute approximate surface area is 134 Å². The fraction of sp³-hybridized carbons (Fsp3) is 0.294. The molecule has 0 saturated heterocycles. The molecule has 0 unspecified atom stereocenters. The van der Waals surface area contributed by atoms with Gasteiger partial charge in [0.15, 0.2) is 0 Å². The van der Waals surface area contributed by atoms with E-state index in [1.54, 1.807) is 23.1 Å². The topological polar surface area (TPSA) is 53.2 Å².